The molecule has 0 aliphatic rings. The Morgan fingerprint density at radius 1 is 1.12 bits per heavy atom. The molecule has 0 unspecified atom stereocenters. The minimum Gasteiger partial charge on any atom is -0.508 e. The van der Waals surface area contributed by atoms with Crippen LogP contribution in [0.4, 0.5) is 5.69 Å². The number of hydrogen-bond acceptors (Lipinski definition) is 3. The summed E-state index contributed by atoms with van der Waals surface area (Å²) in [5.41, 5.74) is 1.06. The van der Waals surface area contributed by atoms with Gasteiger partial charge < -0.3 is 15.2 Å². The number of amides is 1. The summed E-state index contributed by atoms with van der Waals surface area (Å²) in [7, 11) is 1.52. The van der Waals surface area contributed by atoms with E-state index in [0.29, 0.717) is 22.0 Å². The average molecular weight is 342 g/mol. The number of phenols is 1. The number of aromatic hydroxyl groups is 1. The summed E-state index contributed by atoms with van der Waals surface area (Å²) in [4.78, 5) is 12.3. The summed E-state index contributed by atoms with van der Waals surface area (Å²) in [5, 5.41) is 15.3. The van der Waals surface area contributed by atoms with Crippen molar-refractivity contribution in [2.75, 3.05) is 12.4 Å². The van der Waals surface area contributed by atoms with E-state index < -0.39 is 0 Å². The number of fused-ring (bicyclic) bond motifs is 1. The van der Waals surface area contributed by atoms with Gasteiger partial charge in [0.25, 0.3) is 0 Å². The molecule has 3 rings (SSSR count). The van der Waals surface area contributed by atoms with E-state index in [9.17, 15) is 9.90 Å². The molecule has 0 saturated heterocycles. The predicted octanol–water partition coefficient (Wildman–Crippen LogP) is 4.39. The number of hydrogen-bond donors (Lipinski definition) is 2. The topological polar surface area (TPSA) is 58.6 Å². The Kier molecular flexibility index (Phi) is 4.58. The van der Waals surface area contributed by atoms with Gasteiger partial charge in [-0.1, -0.05) is 35.9 Å². The summed E-state index contributed by atoms with van der Waals surface area (Å²) >= 11 is 5.96. The SMILES string of the molecule is COc1ccc(Cl)cc1NC(=O)Cc1cc2ccccc2cc1O. The second kappa shape index (κ2) is 6.81. The number of methoxy groups -OCH3 is 1. The molecule has 0 fully saturated rings. The fraction of sp³-hybridized carbons (Fsp3) is 0.105. The van der Waals surface area contributed by atoms with Gasteiger partial charge in [-0.25, -0.2) is 0 Å². The number of carbonyl (C=O) groups excluding carboxylic acids is 1. The van der Waals surface area contributed by atoms with Crippen molar-refractivity contribution in [3.05, 3.63) is 65.2 Å². The number of ether oxygens (including phenoxy) is 1. The second-order valence-electron chi connectivity index (χ2n) is 5.40. The minimum atomic E-state index is -0.263. The molecule has 3 aromatic carbocycles. The fourth-order valence-electron chi connectivity index (χ4n) is 2.56. The smallest absolute Gasteiger partial charge is 0.229 e. The van der Waals surface area contributed by atoms with Gasteiger partial charge in [-0.3, -0.25) is 4.79 Å². The van der Waals surface area contributed by atoms with E-state index in [0.717, 1.165) is 10.8 Å². The molecule has 0 aromatic heterocycles. The lowest BCUT2D eigenvalue weighted by Gasteiger charge is -2.11. The Balaban J connectivity index is 1.83. The molecule has 0 spiro atoms. The van der Waals surface area contributed by atoms with Gasteiger partial charge in [0.05, 0.1) is 19.2 Å². The normalized spacial score (nSPS) is 10.6. The molecule has 0 radical (unpaired) electrons. The predicted molar refractivity (Wildman–Crippen MR) is 96.0 cm³/mol. The Labute approximate surface area is 144 Å². The molecule has 122 valence electrons. The fourth-order valence-corrected chi connectivity index (χ4v) is 2.73. The summed E-state index contributed by atoms with van der Waals surface area (Å²) in [6, 6.07) is 16.2. The molecule has 0 saturated carbocycles. The maximum atomic E-state index is 12.3. The molecule has 0 atom stereocenters. The summed E-state index contributed by atoms with van der Waals surface area (Å²) in [6.07, 6.45) is 0.0480. The molecule has 4 nitrogen and oxygen atoms in total. The molecule has 2 N–H and O–H groups in total. The van der Waals surface area contributed by atoms with Gasteiger partial charge in [-0.05, 0) is 41.1 Å². The van der Waals surface area contributed by atoms with Crippen LogP contribution in [0.2, 0.25) is 5.02 Å². The van der Waals surface area contributed by atoms with Crippen LogP contribution in [0.25, 0.3) is 10.8 Å². The van der Waals surface area contributed by atoms with E-state index >= 15 is 0 Å². The van der Waals surface area contributed by atoms with Crippen LogP contribution < -0.4 is 10.1 Å². The monoisotopic (exact) mass is 341 g/mol. The largest absolute Gasteiger partial charge is 0.508 e. The number of phenolic OH excluding ortho intramolecular Hbond substituents is 1. The van der Waals surface area contributed by atoms with E-state index in [2.05, 4.69) is 5.32 Å². The summed E-state index contributed by atoms with van der Waals surface area (Å²) < 4.78 is 5.21. The quantitative estimate of drug-likeness (QED) is 0.740. The Hall–Kier alpha value is -2.72. The zero-order valence-electron chi connectivity index (χ0n) is 13.0. The molecule has 0 heterocycles. The van der Waals surface area contributed by atoms with E-state index in [4.69, 9.17) is 16.3 Å². The molecule has 3 aromatic rings. The van der Waals surface area contributed by atoms with Crippen molar-refractivity contribution in [2.45, 2.75) is 6.42 Å². The Bertz CT molecular complexity index is 908. The first-order chi connectivity index (χ1) is 11.6. The lowest BCUT2D eigenvalue weighted by atomic mass is 10.0. The molecule has 1 amide bonds. The van der Waals surface area contributed by atoms with Crippen LogP contribution in [0.3, 0.4) is 0 Å². The minimum absolute atomic E-state index is 0.0480. The molecule has 0 aliphatic carbocycles. The van der Waals surface area contributed by atoms with Crippen molar-refractivity contribution in [1.29, 1.82) is 0 Å². The lowest BCUT2D eigenvalue weighted by Crippen LogP contribution is -2.15. The van der Waals surface area contributed by atoms with Crippen LogP contribution in [0, 0.1) is 0 Å². The van der Waals surface area contributed by atoms with Gasteiger partial charge >= 0.3 is 0 Å². The first-order valence-electron chi connectivity index (χ1n) is 7.41. The van der Waals surface area contributed by atoms with Crippen LogP contribution in [0.5, 0.6) is 11.5 Å². The third-order valence-corrected chi connectivity index (χ3v) is 3.97. The van der Waals surface area contributed by atoms with Crippen LogP contribution in [0.15, 0.2) is 54.6 Å². The van der Waals surface area contributed by atoms with Gasteiger partial charge in [0.2, 0.25) is 5.91 Å². The summed E-state index contributed by atoms with van der Waals surface area (Å²) in [5.74, 6) is 0.360. The highest BCUT2D eigenvalue weighted by atomic mass is 35.5. The first-order valence-corrected chi connectivity index (χ1v) is 7.78. The van der Waals surface area contributed by atoms with E-state index in [1.807, 2.05) is 30.3 Å². The molecular formula is C19H16ClNO3. The third-order valence-electron chi connectivity index (χ3n) is 3.73. The maximum absolute atomic E-state index is 12.3. The van der Waals surface area contributed by atoms with Gasteiger partial charge in [0, 0.05) is 10.6 Å². The van der Waals surface area contributed by atoms with Crippen LogP contribution in [-0.2, 0) is 11.2 Å². The number of nitrogens with one attached hydrogen (secondary N) is 1. The number of carbonyl (C=O) groups is 1. The van der Waals surface area contributed by atoms with Crippen molar-refractivity contribution in [2.24, 2.45) is 0 Å². The number of halogens is 1. The molecule has 24 heavy (non-hydrogen) atoms. The van der Waals surface area contributed by atoms with Gasteiger partial charge in [-0.15, -0.1) is 0 Å². The third kappa shape index (κ3) is 3.44. The number of rotatable bonds is 4. The second-order valence-corrected chi connectivity index (χ2v) is 5.83. The number of anilines is 1. The first kappa shape index (κ1) is 16.1. The zero-order chi connectivity index (χ0) is 17.1. The van der Waals surface area contributed by atoms with Gasteiger partial charge in [0.15, 0.2) is 0 Å². The van der Waals surface area contributed by atoms with E-state index in [1.54, 1.807) is 24.3 Å². The molecule has 5 heteroatoms. The molecule has 0 bridgehead atoms. The van der Waals surface area contributed by atoms with Crippen molar-refractivity contribution in [3.63, 3.8) is 0 Å². The Morgan fingerprint density at radius 2 is 1.83 bits per heavy atom. The van der Waals surface area contributed by atoms with Crippen LogP contribution >= 0.6 is 11.6 Å². The summed E-state index contributed by atoms with van der Waals surface area (Å²) in [6.45, 7) is 0. The molecule has 0 aliphatic heterocycles. The van der Waals surface area contributed by atoms with Crippen molar-refractivity contribution in [3.8, 4) is 11.5 Å². The van der Waals surface area contributed by atoms with E-state index in [1.165, 1.54) is 7.11 Å². The van der Waals surface area contributed by atoms with Gasteiger partial charge in [0.1, 0.15) is 11.5 Å². The highest BCUT2D eigenvalue weighted by molar-refractivity contribution is 6.31. The number of benzene rings is 3. The standard InChI is InChI=1S/C19H16ClNO3/c1-24-18-7-6-15(20)11-16(18)21-19(23)10-14-8-12-4-2-3-5-13(12)9-17(14)22/h2-9,11,22H,10H2,1H3,(H,21,23). The van der Waals surface area contributed by atoms with E-state index in [-0.39, 0.29) is 18.1 Å². The van der Waals surface area contributed by atoms with Crippen LogP contribution in [0.1, 0.15) is 5.56 Å². The van der Waals surface area contributed by atoms with Crippen molar-refractivity contribution >= 4 is 34.0 Å². The van der Waals surface area contributed by atoms with Gasteiger partial charge in [-0.2, -0.15) is 0 Å². The van der Waals surface area contributed by atoms with Crippen molar-refractivity contribution < 1.29 is 14.6 Å². The van der Waals surface area contributed by atoms with Crippen molar-refractivity contribution in [1.82, 2.24) is 0 Å². The Morgan fingerprint density at radius 3 is 2.54 bits per heavy atom. The highest BCUT2D eigenvalue weighted by Crippen LogP contribution is 2.29. The lowest BCUT2D eigenvalue weighted by molar-refractivity contribution is -0.115. The maximum Gasteiger partial charge on any atom is 0.229 e. The zero-order valence-corrected chi connectivity index (χ0v) is 13.8. The molecular weight excluding hydrogens is 326 g/mol. The highest BCUT2D eigenvalue weighted by Gasteiger charge is 2.12. The average Bonchev–Trinajstić information content (AvgIpc) is 2.55. The van der Waals surface area contributed by atoms with Crippen LogP contribution in [-0.4, -0.2) is 18.1 Å².